The molecule has 0 N–H and O–H groups in total. The summed E-state index contributed by atoms with van der Waals surface area (Å²) in [5.41, 5.74) is 1.20. The summed E-state index contributed by atoms with van der Waals surface area (Å²) in [4.78, 5) is 0. The zero-order valence-corrected chi connectivity index (χ0v) is 7.98. The molecule has 1 fully saturated rings. The maximum absolute atomic E-state index is 4.28. The summed E-state index contributed by atoms with van der Waals surface area (Å²) in [5.74, 6) is 0.661. The third-order valence-electron chi connectivity index (χ3n) is 3.09. The van der Waals surface area contributed by atoms with E-state index in [1.807, 2.05) is 6.20 Å². The Morgan fingerprint density at radius 3 is 2.79 bits per heavy atom. The molecule has 2 nitrogen and oxygen atoms in total. The van der Waals surface area contributed by atoms with Gasteiger partial charge in [0, 0.05) is 16.7 Å². The molecule has 0 bridgehead atoms. The minimum absolute atomic E-state index is 0.661. The van der Waals surface area contributed by atoms with Crippen molar-refractivity contribution in [2.24, 2.45) is 0 Å². The number of hydrogen-bond donors (Lipinski definition) is 0. The first-order valence-corrected chi connectivity index (χ1v) is 5.15. The Kier molecular flexibility index (Phi) is 1.72. The van der Waals surface area contributed by atoms with Crippen LogP contribution in [0, 0.1) is 0 Å². The second-order valence-corrected chi connectivity index (χ2v) is 3.94. The summed E-state index contributed by atoms with van der Waals surface area (Å²) in [5, 5.41) is 10.8. The first-order chi connectivity index (χ1) is 6.95. The zero-order valence-electron chi connectivity index (χ0n) is 7.98. The Morgan fingerprint density at radius 2 is 2.00 bits per heavy atom. The summed E-state index contributed by atoms with van der Waals surface area (Å²) in [6.07, 6.45) is 5.75. The van der Waals surface area contributed by atoms with Crippen molar-refractivity contribution < 1.29 is 0 Å². The highest BCUT2D eigenvalue weighted by molar-refractivity contribution is 5.83. The van der Waals surface area contributed by atoms with Crippen LogP contribution in [0.25, 0.3) is 10.8 Å². The molecule has 2 heteroatoms. The Labute approximate surface area is 83.0 Å². The van der Waals surface area contributed by atoms with Crippen LogP contribution in [0.5, 0.6) is 0 Å². The van der Waals surface area contributed by atoms with Crippen molar-refractivity contribution in [3.05, 3.63) is 36.2 Å². The van der Waals surface area contributed by atoms with E-state index in [1.54, 1.807) is 0 Å². The van der Waals surface area contributed by atoms with Gasteiger partial charge in [-0.2, -0.15) is 10.2 Å². The van der Waals surface area contributed by atoms with Crippen LogP contribution in [0.4, 0.5) is 0 Å². The van der Waals surface area contributed by atoms with Gasteiger partial charge in [-0.15, -0.1) is 0 Å². The van der Waals surface area contributed by atoms with E-state index in [9.17, 15) is 0 Å². The minimum Gasteiger partial charge on any atom is -0.158 e. The van der Waals surface area contributed by atoms with Crippen LogP contribution < -0.4 is 0 Å². The van der Waals surface area contributed by atoms with E-state index >= 15 is 0 Å². The molecule has 14 heavy (non-hydrogen) atoms. The fraction of sp³-hybridized carbons (Fsp3) is 0.333. The summed E-state index contributed by atoms with van der Waals surface area (Å²) in [6, 6.07) is 8.38. The molecule has 70 valence electrons. The topological polar surface area (TPSA) is 25.8 Å². The van der Waals surface area contributed by atoms with Crippen molar-refractivity contribution in [2.45, 2.75) is 25.2 Å². The van der Waals surface area contributed by atoms with Crippen LogP contribution in [0.15, 0.2) is 30.5 Å². The van der Waals surface area contributed by atoms with Crippen LogP contribution in [0.1, 0.15) is 30.9 Å². The lowest BCUT2D eigenvalue weighted by Crippen LogP contribution is -2.11. The zero-order chi connectivity index (χ0) is 9.38. The molecule has 0 amide bonds. The second-order valence-electron chi connectivity index (χ2n) is 3.94. The second kappa shape index (κ2) is 3.05. The largest absolute Gasteiger partial charge is 0.158 e. The minimum atomic E-state index is 0.661. The van der Waals surface area contributed by atoms with E-state index < -0.39 is 0 Å². The smallest absolute Gasteiger partial charge is 0.0740 e. The quantitative estimate of drug-likeness (QED) is 0.681. The fourth-order valence-electron chi connectivity index (χ4n) is 2.03. The molecule has 1 aliphatic rings. The molecule has 0 spiro atoms. The lowest BCUT2D eigenvalue weighted by Gasteiger charge is -2.25. The molecule has 0 saturated heterocycles. The molecule has 0 unspecified atom stereocenters. The summed E-state index contributed by atoms with van der Waals surface area (Å²) in [7, 11) is 0. The Bertz CT molecular complexity index is 455. The van der Waals surface area contributed by atoms with E-state index in [2.05, 4.69) is 34.5 Å². The number of hydrogen-bond acceptors (Lipinski definition) is 2. The predicted octanol–water partition coefficient (Wildman–Crippen LogP) is 2.90. The van der Waals surface area contributed by atoms with Gasteiger partial charge in [0.2, 0.25) is 0 Å². The standard InChI is InChI=1S/C12H12N2/c1-2-7-11-10(4-1)8-13-14-12(11)9-5-3-6-9/h1-2,4,7-9H,3,5-6H2. The first kappa shape index (κ1) is 7.92. The van der Waals surface area contributed by atoms with Crippen LogP contribution in [0.3, 0.4) is 0 Å². The van der Waals surface area contributed by atoms with Gasteiger partial charge in [-0.25, -0.2) is 0 Å². The van der Waals surface area contributed by atoms with E-state index in [-0.39, 0.29) is 0 Å². The molecule has 3 rings (SSSR count). The summed E-state index contributed by atoms with van der Waals surface area (Å²) < 4.78 is 0. The van der Waals surface area contributed by atoms with Gasteiger partial charge in [-0.1, -0.05) is 30.7 Å². The molecule has 0 radical (unpaired) electrons. The fourth-order valence-corrected chi connectivity index (χ4v) is 2.03. The molecule has 2 aromatic rings. The molecular weight excluding hydrogens is 172 g/mol. The van der Waals surface area contributed by atoms with Crippen LogP contribution >= 0.6 is 0 Å². The highest BCUT2D eigenvalue weighted by Gasteiger charge is 2.22. The normalized spacial score (nSPS) is 16.9. The highest BCUT2D eigenvalue weighted by atomic mass is 15.1. The van der Waals surface area contributed by atoms with Gasteiger partial charge in [-0.3, -0.25) is 0 Å². The molecular formula is C12H12N2. The summed E-state index contributed by atoms with van der Waals surface area (Å²) in [6.45, 7) is 0. The van der Waals surface area contributed by atoms with Gasteiger partial charge < -0.3 is 0 Å². The number of fused-ring (bicyclic) bond motifs is 1. The molecule has 0 atom stereocenters. The first-order valence-electron chi connectivity index (χ1n) is 5.15. The number of nitrogens with zero attached hydrogens (tertiary/aromatic N) is 2. The third kappa shape index (κ3) is 1.10. The van der Waals surface area contributed by atoms with E-state index in [0.29, 0.717) is 5.92 Å². The Morgan fingerprint density at radius 1 is 1.14 bits per heavy atom. The highest BCUT2D eigenvalue weighted by Crippen LogP contribution is 2.37. The van der Waals surface area contributed by atoms with Gasteiger partial charge in [0.15, 0.2) is 0 Å². The van der Waals surface area contributed by atoms with Crippen molar-refractivity contribution in [1.82, 2.24) is 10.2 Å². The maximum Gasteiger partial charge on any atom is 0.0740 e. The van der Waals surface area contributed by atoms with Gasteiger partial charge in [0.25, 0.3) is 0 Å². The summed E-state index contributed by atoms with van der Waals surface area (Å²) >= 11 is 0. The average Bonchev–Trinajstić information content (AvgIpc) is 2.16. The van der Waals surface area contributed by atoms with Crippen molar-refractivity contribution in [2.75, 3.05) is 0 Å². The van der Waals surface area contributed by atoms with Crippen molar-refractivity contribution in [3.63, 3.8) is 0 Å². The third-order valence-corrected chi connectivity index (χ3v) is 3.09. The Balaban J connectivity index is 2.22. The number of aromatic nitrogens is 2. The average molecular weight is 184 g/mol. The van der Waals surface area contributed by atoms with E-state index in [4.69, 9.17) is 0 Å². The number of benzene rings is 1. The van der Waals surface area contributed by atoms with Crippen molar-refractivity contribution in [3.8, 4) is 0 Å². The van der Waals surface area contributed by atoms with E-state index in [0.717, 1.165) is 0 Å². The Hall–Kier alpha value is -1.44. The van der Waals surface area contributed by atoms with Crippen LogP contribution in [-0.4, -0.2) is 10.2 Å². The van der Waals surface area contributed by atoms with Gasteiger partial charge in [0.1, 0.15) is 0 Å². The van der Waals surface area contributed by atoms with Gasteiger partial charge in [0.05, 0.1) is 11.9 Å². The molecule has 1 saturated carbocycles. The lowest BCUT2D eigenvalue weighted by atomic mass is 9.81. The van der Waals surface area contributed by atoms with Gasteiger partial charge >= 0.3 is 0 Å². The van der Waals surface area contributed by atoms with E-state index in [1.165, 1.54) is 35.7 Å². The molecule has 1 heterocycles. The molecule has 1 aliphatic carbocycles. The van der Waals surface area contributed by atoms with Crippen LogP contribution in [-0.2, 0) is 0 Å². The molecule has 0 aliphatic heterocycles. The van der Waals surface area contributed by atoms with Crippen molar-refractivity contribution in [1.29, 1.82) is 0 Å². The maximum atomic E-state index is 4.28. The lowest BCUT2D eigenvalue weighted by molar-refractivity contribution is 0.411. The SMILES string of the molecule is c1ccc2c(C3CCC3)nncc2c1. The monoisotopic (exact) mass is 184 g/mol. The van der Waals surface area contributed by atoms with Crippen molar-refractivity contribution >= 4 is 10.8 Å². The van der Waals surface area contributed by atoms with Crippen LogP contribution in [0.2, 0.25) is 0 Å². The molecule has 1 aromatic heterocycles. The van der Waals surface area contributed by atoms with Gasteiger partial charge in [-0.05, 0) is 12.8 Å². The predicted molar refractivity (Wildman–Crippen MR) is 56.1 cm³/mol. The molecule has 1 aromatic carbocycles. The number of rotatable bonds is 1.